The van der Waals surface area contributed by atoms with Crippen molar-refractivity contribution in [3.05, 3.63) is 12.3 Å². The summed E-state index contributed by atoms with van der Waals surface area (Å²) in [5, 5.41) is 0. The average Bonchev–Trinajstić information content (AvgIpc) is 1.92. The number of nitrogens with zero attached hydrogens (tertiary/aromatic N) is 1. The lowest BCUT2D eigenvalue weighted by atomic mass is 10.4. The molecule has 12 heavy (non-hydrogen) atoms. The molecule has 0 aliphatic rings. The molecule has 0 spiro atoms. The summed E-state index contributed by atoms with van der Waals surface area (Å²) >= 11 is 0. The number of anilines is 2. The summed E-state index contributed by atoms with van der Waals surface area (Å²) in [5.41, 5.74) is 10.7. The van der Waals surface area contributed by atoms with Crippen LogP contribution in [-0.4, -0.2) is 19.7 Å². The second-order valence-corrected chi connectivity index (χ2v) is 4.36. The van der Waals surface area contributed by atoms with Crippen molar-refractivity contribution in [3.63, 3.8) is 0 Å². The third kappa shape index (κ3) is 1.48. The number of rotatable bonds is 1. The molecule has 0 saturated carbocycles. The van der Waals surface area contributed by atoms with Gasteiger partial charge in [-0.15, -0.1) is 0 Å². The lowest BCUT2D eigenvalue weighted by Gasteiger charge is -2.03. The molecule has 0 fully saturated rings. The van der Waals surface area contributed by atoms with Gasteiger partial charge >= 0.3 is 0 Å². The topological polar surface area (TPSA) is 99.1 Å². The van der Waals surface area contributed by atoms with Crippen molar-refractivity contribution in [3.8, 4) is 0 Å². The first-order valence-corrected chi connectivity index (χ1v) is 5.02. The fourth-order valence-electron chi connectivity index (χ4n) is 0.794. The Labute approximate surface area is 70.3 Å². The van der Waals surface area contributed by atoms with E-state index >= 15 is 0 Å². The van der Waals surface area contributed by atoms with Crippen molar-refractivity contribution in [1.82, 2.24) is 4.98 Å². The van der Waals surface area contributed by atoms with E-state index in [1.165, 1.54) is 12.3 Å². The van der Waals surface area contributed by atoms with Crippen LogP contribution < -0.4 is 11.5 Å². The minimum atomic E-state index is -3.30. The van der Waals surface area contributed by atoms with Crippen LogP contribution in [0.1, 0.15) is 0 Å². The van der Waals surface area contributed by atoms with Gasteiger partial charge in [-0.2, -0.15) is 0 Å². The molecule has 1 aromatic rings. The first kappa shape index (κ1) is 8.79. The molecule has 0 amide bonds. The van der Waals surface area contributed by atoms with E-state index in [-0.39, 0.29) is 16.4 Å². The van der Waals surface area contributed by atoms with Crippen molar-refractivity contribution in [1.29, 1.82) is 0 Å². The highest BCUT2D eigenvalue weighted by Crippen LogP contribution is 2.21. The molecule has 4 N–H and O–H groups in total. The maximum absolute atomic E-state index is 11.0. The smallest absolute Gasteiger partial charge is 0.177 e. The van der Waals surface area contributed by atoms with E-state index in [9.17, 15) is 8.42 Å². The monoisotopic (exact) mass is 187 g/mol. The molecule has 66 valence electrons. The minimum absolute atomic E-state index is 0.0139. The molecule has 0 saturated heterocycles. The van der Waals surface area contributed by atoms with Gasteiger partial charge < -0.3 is 11.5 Å². The van der Waals surface area contributed by atoms with Crippen LogP contribution in [0.2, 0.25) is 0 Å². The Hall–Kier alpha value is -1.30. The third-order valence-corrected chi connectivity index (χ3v) is 2.54. The predicted molar refractivity (Wildman–Crippen MR) is 46.2 cm³/mol. The maximum atomic E-state index is 11.0. The SMILES string of the molecule is CS(=O)(=O)c1ccnc(N)c1N. The molecule has 1 aromatic heterocycles. The summed E-state index contributed by atoms with van der Waals surface area (Å²) in [6, 6.07) is 1.32. The molecule has 0 radical (unpaired) electrons. The molecule has 0 aromatic carbocycles. The highest BCUT2D eigenvalue weighted by molar-refractivity contribution is 7.90. The molecule has 6 heteroatoms. The van der Waals surface area contributed by atoms with Gasteiger partial charge in [0.05, 0.1) is 10.6 Å². The van der Waals surface area contributed by atoms with Gasteiger partial charge in [0, 0.05) is 12.5 Å². The molecule has 1 heterocycles. The predicted octanol–water partition coefficient (Wildman–Crippen LogP) is -0.350. The van der Waals surface area contributed by atoms with Crippen LogP contribution in [0.5, 0.6) is 0 Å². The van der Waals surface area contributed by atoms with Crippen LogP contribution in [0, 0.1) is 0 Å². The second-order valence-electron chi connectivity index (χ2n) is 2.38. The fraction of sp³-hybridized carbons (Fsp3) is 0.167. The average molecular weight is 187 g/mol. The van der Waals surface area contributed by atoms with Crippen LogP contribution in [0.15, 0.2) is 17.2 Å². The van der Waals surface area contributed by atoms with Crippen LogP contribution in [0.25, 0.3) is 0 Å². The number of hydrogen-bond acceptors (Lipinski definition) is 5. The van der Waals surface area contributed by atoms with Crippen LogP contribution in [-0.2, 0) is 9.84 Å². The van der Waals surface area contributed by atoms with Gasteiger partial charge in [0.25, 0.3) is 0 Å². The van der Waals surface area contributed by atoms with Gasteiger partial charge in [0.1, 0.15) is 5.82 Å². The number of sulfone groups is 1. The molecule has 0 bridgehead atoms. The molecule has 0 unspecified atom stereocenters. The van der Waals surface area contributed by atoms with E-state index in [4.69, 9.17) is 11.5 Å². The van der Waals surface area contributed by atoms with Gasteiger partial charge in [-0.1, -0.05) is 0 Å². The van der Waals surface area contributed by atoms with E-state index in [0.29, 0.717) is 0 Å². The molecule has 1 rings (SSSR count). The second kappa shape index (κ2) is 2.63. The Morgan fingerprint density at radius 2 is 2.00 bits per heavy atom. The van der Waals surface area contributed by atoms with Gasteiger partial charge in [-0.05, 0) is 6.07 Å². The highest BCUT2D eigenvalue weighted by Gasteiger charge is 2.12. The van der Waals surface area contributed by atoms with Gasteiger partial charge in [0.15, 0.2) is 9.84 Å². The Morgan fingerprint density at radius 3 is 2.42 bits per heavy atom. The number of nitrogens with two attached hydrogens (primary N) is 2. The first-order chi connectivity index (χ1) is 5.43. The Morgan fingerprint density at radius 1 is 1.42 bits per heavy atom. The van der Waals surface area contributed by atoms with Crippen molar-refractivity contribution in [2.75, 3.05) is 17.7 Å². The minimum Gasteiger partial charge on any atom is -0.395 e. The lowest BCUT2D eigenvalue weighted by molar-refractivity contribution is 0.602. The van der Waals surface area contributed by atoms with E-state index < -0.39 is 9.84 Å². The van der Waals surface area contributed by atoms with E-state index in [1.807, 2.05) is 0 Å². The van der Waals surface area contributed by atoms with Crippen LogP contribution in [0.4, 0.5) is 11.5 Å². The molecular weight excluding hydrogens is 178 g/mol. The van der Waals surface area contributed by atoms with Crippen molar-refractivity contribution >= 4 is 21.3 Å². The zero-order valence-corrected chi connectivity index (χ0v) is 7.30. The number of aromatic nitrogens is 1. The largest absolute Gasteiger partial charge is 0.395 e. The summed E-state index contributed by atoms with van der Waals surface area (Å²) in [6.07, 6.45) is 2.38. The number of nitrogen functional groups attached to an aromatic ring is 2. The van der Waals surface area contributed by atoms with Crippen molar-refractivity contribution < 1.29 is 8.42 Å². The van der Waals surface area contributed by atoms with Gasteiger partial charge in [0.2, 0.25) is 0 Å². The molecule has 0 atom stereocenters. The van der Waals surface area contributed by atoms with E-state index in [1.54, 1.807) is 0 Å². The highest BCUT2D eigenvalue weighted by atomic mass is 32.2. The number of hydrogen-bond donors (Lipinski definition) is 2. The Balaban J connectivity index is 3.47. The first-order valence-electron chi connectivity index (χ1n) is 3.13. The van der Waals surface area contributed by atoms with Crippen LogP contribution >= 0.6 is 0 Å². The number of pyridine rings is 1. The van der Waals surface area contributed by atoms with Crippen molar-refractivity contribution in [2.24, 2.45) is 0 Å². The fourth-order valence-corrected chi connectivity index (χ4v) is 1.61. The lowest BCUT2D eigenvalue weighted by Crippen LogP contribution is -2.06. The summed E-state index contributed by atoms with van der Waals surface area (Å²) < 4.78 is 22.1. The van der Waals surface area contributed by atoms with E-state index in [2.05, 4.69) is 4.98 Å². The normalized spacial score (nSPS) is 11.4. The molecule has 5 nitrogen and oxygen atoms in total. The summed E-state index contributed by atoms with van der Waals surface area (Å²) in [6.45, 7) is 0. The zero-order valence-electron chi connectivity index (χ0n) is 6.48. The third-order valence-electron chi connectivity index (χ3n) is 1.38. The van der Waals surface area contributed by atoms with Crippen molar-refractivity contribution in [2.45, 2.75) is 4.90 Å². The molecule has 0 aliphatic heterocycles. The zero-order chi connectivity index (χ0) is 9.35. The standard InChI is InChI=1S/C6H9N3O2S/c1-12(10,11)4-2-3-9-6(8)5(4)7/h2-3H,7H2,1H3,(H2,8,9). The Kier molecular flexibility index (Phi) is 1.93. The molecular formula is C6H9N3O2S. The molecule has 0 aliphatic carbocycles. The Bertz CT molecular complexity index is 399. The van der Waals surface area contributed by atoms with Gasteiger partial charge in [-0.3, -0.25) is 0 Å². The summed E-state index contributed by atoms with van der Waals surface area (Å²) in [4.78, 5) is 3.66. The van der Waals surface area contributed by atoms with Crippen LogP contribution in [0.3, 0.4) is 0 Å². The van der Waals surface area contributed by atoms with E-state index in [0.717, 1.165) is 6.26 Å². The quantitative estimate of drug-likeness (QED) is 0.626. The summed E-state index contributed by atoms with van der Waals surface area (Å²) in [5.74, 6) is 0.0397. The maximum Gasteiger partial charge on any atom is 0.177 e. The van der Waals surface area contributed by atoms with Gasteiger partial charge in [-0.25, -0.2) is 13.4 Å². The summed E-state index contributed by atoms with van der Waals surface area (Å²) in [7, 11) is -3.30.